The average Bonchev–Trinajstić information content (AvgIpc) is 2.39. The van der Waals surface area contributed by atoms with Crippen molar-refractivity contribution in [2.75, 3.05) is 23.7 Å². The van der Waals surface area contributed by atoms with Crippen molar-refractivity contribution < 1.29 is 0 Å². The number of hydrogen-bond acceptors (Lipinski definition) is 4. The van der Waals surface area contributed by atoms with Gasteiger partial charge in [-0.3, -0.25) is 0 Å². The van der Waals surface area contributed by atoms with Gasteiger partial charge in [-0.25, -0.2) is 9.97 Å². The molecule has 0 bridgehead atoms. The summed E-state index contributed by atoms with van der Waals surface area (Å²) in [5, 5.41) is 0.713. The predicted octanol–water partition coefficient (Wildman–Crippen LogP) is 2.55. The topological polar surface area (TPSA) is 29.0 Å². The highest BCUT2D eigenvalue weighted by atomic mass is 35.5. The van der Waals surface area contributed by atoms with Crippen LogP contribution in [0.25, 0.3) is 0 Å². The SMILES string of the molecule is CCC1CN(c2ncc(CCl)cn2)CCS1. The van der Waals surface area contributed by atoms with Crippen LogP contribution in [0.15, 0.2) is 12.4 Å². The summed E-state index contributed by atoms with van der Waals surface area (Å²) in [5.41, 5.74) is 0.976. The first-order valence-electron chi connectivity index (χ1n) is 5.57. The zero-order valence-electron chi connectivity index (χ0n) is 9.40. The Hall–Kier alpha value is -0.480. The lowest BCUT2D eigenvalue weighted by Gasteiger charge is -2.31. The minimum Gasteiger partial charge on any atom is -0.339 e. The van der Waals surface area contributed by atoms with Crippen LogP contribution in [0.2, 0.25) is 0 Å². The van der Waals surface area contributed by atoms with E-state index in [1.165, 1.54) is 12.2 Å². The van der Waals surface area contributed by atoms with E-state index >= 15 is 0 Å². The lowest BCUT2D eigenvalue weighted by atomic mass is 10.3. The van der Waals surface area contributed by atoms with Crippen molar-refractivity contribution in [1.82, 2.24) is 9.97 Å². The second kappa shape index (κ2) is 5.73. The molecule has 0 saturated carbocycles. The molecule has 2 heterocycles. The molecule has 88 valence electrons. The number of alkyl halides is 1. The number of nitrogens with zero attached hydrogens (tertiary/aromatic N) is 3. The number of rotatable bonds is 3. The Morgan fingerprint density at radius 2 is 2.25 bits per heavy atom. The highest BCUT2D eigenvalue weighted by molar-refractivity contribution is 8.00. The lowest BCUT2D eigenvalue weighted by Crippen LogP contribution is -2.38. The summed E-state index contributed by atoms with van der Waals surface area (Å²) >= 11 is 7.76. The number of aromatic nitrogens is 2. The van der Waals surface area contributed by atoms with Gasteiger partial charge in [-0.2, -0.15) is 11.8 Å². The first-order chi connectivity index (χ1) is 7.83. The Kier molecular flexibility index (Phi) is 4.29. The normalized spacial score (nSPS) is 21.1. The number of anilines is 1. The third-order valence-corrected chi connectivity index (χ3v) is 4.40. The van der Waals surface area contributed by atoms with Crippen LogP contribution in [0.3, 0.4) is 0 Å². The molecule has 1 aromatic heterocycles. The van der Waals surface area contributed by atoms with Gasteiger partial charge in [0.2, 0.25) is 5.95 Å². The van der Waals surface area contributed by atoms with E-state index < -0.39 is 0 Å². The Labute approximate surface area is 106 Å². The molecule has 3 nitrogen and oxygen atoms in total. The molecule has 5 heteroatoms. The maximum absolute atomic E-state index is 5.71. The van der Waals surface area contributed by atoms with Crippen molar-refractivity contribution in [3.63, 3.8) is 0 Å². The molecule has 16 heavy (non-hydrogen) atoms. The molecule has 1 aromatic rings. The van der Waals surface area contributed by atoms with E-state index in [1.54, 1.807) is 0 Å². The fourth-order valence-corrected chi connectivity index (χ4v) is 3.05. The highest BCUT2D eigenvalue weighted by Gasteiger charge is 2.20. The van der Waals surface area contributed by atoms with Crippen molar-refractivity contribution in [3.05, 3.63) is 18.0 Å². The summed E-state index contributed by atoms with van der Waals surface area (Å²) in [7, 11) is 0. The van der Waals surface area contributed by atoms with Crippen LogP contribution in [0, 0.1) is 0 Å². The van der Waals surface area contributed by atoms with Crippen LogP contribution >= 0.6 is 23.4 Å². The van der Waals surface area contributed by atoms with E-state index in [9.17, 15) is 0 Å². The Balaban J connectivity index is 2.05. The minimum atomic E-state index is 0.480. The van der Waals surface area contributed by atoms with E-state index in [0.29, 0.717) is 11.1 Å². The minimum absolute atomic E-state index is 0.480. The van der Waals surface area contributed by atoms with Gasteiger partial charge in [-0.1, -0.05) is 6.92 Å². The second-order valence-electron chi connectivity index (χ2n) is 3.87. The van der Waals surface area contributed by atoms with Crippen molar-refractivity contribution >= 4 is 29.3 Å². The molecule has 1 saturated heterocycles. The summed E-state index contributed by atoms with van der Waals surface area (Å²) < 4.78 is 0. The molecule has 0 radical (unpaired) electrons. The number of thioether (sulfide) groups is 1. The summed E-state index contributed by atoms with van der Waals surface area (Å²) in [6.45, 7) is 4.33. The fourth-order valence-electron chi connectivity index (χ4n) is 1.73. The summed E-state index contributed by atoms with van der Waals surface area (Å²) in [6.07, 6.45) is 4.84. The third-order valence-electron chi connectivity index (χ3n) is 2.72. The molecule has 0 spiro atoms. The van der Waals surface area contributed by atoms with Gasteiger partial charge < -0.3 is 4.90 Å². The monoisotopic (exact) mass is 257 g/mol. The van der Waals surface area contributed by atoms with Crippen LogP contribution < -0.4 is 4.90 Å². The van der Waals surface area contributed by atoms with Crippen LogP contribution in [-0.4, -0.2) is 34.1 Å². The van der Waals surface area contributed by atoms with Crippen molar-refractivity contribution in [1.29, 1.82) is 0 Å². The largest absolute Gasteiger partial charge is 0.339 e. The molecule has 2 rings (SSSR count). The fraction of sp³-hybridized carbons (Fsp3) is 0.636. The maximum atomic E-state index is 5.71. The molecular formula is C11H16ClN3S. The van der Waals surface area contributed by atoms with Gasteiger partial charge in [0, 0.05) is 42.0 Å². The smallest absolute Gasteiger partial charge is 0.225 e. The molecule has 0 amide bonds. The molecule has 0 aromatic carbocycles. The molecule has 1 unspecified atom stereocenters. The average molecular weight is 258 g/mol. The van der Waals surface area contributed by atoms with Crippen molar-refractivity contribution in [3.8, 4) is 0 Å². The molecule has 0 aliphatic carbocycles. The van der Waals surface area contributed by atoms with Crippen LogP contribution in [0.1, 0.15) is 18.9 Å². The zero-order valence-corrected chi connectivity index (χ0v) is 11.0. The van der Waals surface area contributed by atoms with Crippen LogP contribution in [0.5, 0.6) is 0 Å². The number of halogens is 1. The van der Waals surface area contributed by atoms with Crippen LogP contribution in [-0.2, 0) is 5.88 Å². The third kappa shape index (κ3) is 2.80. The van der Waals surface area contributed by atoms with Gasteiger partial charge in [-0.05, 0) is 6.42 Å². The summed E-state index contributed by atoms with van der Waals surface area (Å²) in [5.74, 6) is 2.49. The molecule has 1 aliphatic heterocycles. The second-order valence-corrected chi connectivity index (χ2v) is 5.55. The Morgan fingerprint density at radius 1 is 1.50 bits per heavy atom. The molecular weight excluding hydrogens is 242 g/mol. The molecule has 0 N–H and O–H groups in total. The standard InChI is InChI=1S/C11H16ClN3S/c1-2-10-8-15(3-4-16-10)11-13-6-9(5-12)7-14-11/h6-7,10H,2-5,8H2,1H3. The van der Waals surface area contributed by atoms with E-state index in [2.05, 4.69) is 33.6 Å². The van der Waals surface area contributed by atoms with Gasteiger partial charge in [0.05, 0.1) is 5.88 Å². The maximum Gasteiger partial charge on any atom is 0.225 e. The van der Waals surface area contributed by atoms with Gasteiger partial charge in [0.1, 0.15) is 0 Å². The van der Waals surface area contributed by atoms with Gasteiger partial charge in [0.15, 0.2) is 0 Å². The zero-order chi connectivity index (χ0) is 11.4. The van der Waals surface area contributed by atoms with Crippen LogP contribution in [0.4, 0.5) is 5.95 Å². The van der Waals surface area contributed by atoms with E-state index in [0.717, 1.165) is 24.6 Å². The van der Waals surface area contributed by atoms with Gasteiger partial charge in [-0.15, -0.1) is 11.6 Å². The van der Waals surface area contributed by atoms with E-state index in [4.69, 9.17) is 11.6 Å². The predicted molar refractivity (Wildman–Crippen MR) is 70.3 cm³/mol. The van der Waals surface area contributed by atoms with Crippen molar-refractivity contribution in [2.24, 2.45) is 0 Å². The first-order valence-corrected chi connectivity index (χ1v) is 7.15. The van der Waals surface area contributed by atoms with Crippen molar-refractivity contribution in [2.45, 2.75) is 24.5 Å². The van der Waals surface area contributed by atoms with E-state index in [1.807, 2.05) is 12.4 Å². The molecule has 1 atom stereocenters. The highest BCUT2D eigenvalue weighted by Crippen LogP contribution is 2.23. The quantitative estimate of drug-likeness (QED) is 0.779. The van der Waals surface area contributed by atoms with Gasteiger partial charge >= 0.3 is 0 Å². The summed E-state index contributed by atoms with van der Waals surface area (Å²) in [4.78, 5) is 11.0. The number of hydrogen-bond donors (Lipinski definition) is 0. The summed E-state index contributed by atoms with van der Waals surface area (Å²) in [6, 6.07) is 0. The molecule has 1 fully saturated rings. The Morgan fingerprint density at radius 3 is 2.88 bits per heavy atom. The lowest BCUT2D eigenvalue weighted by molar-refractivity contribution is 0.709. The van der Waals surface area contributed by atoms with E-state index in [-0.39, 0.29) is 0 Å². The molecule has 1 aliphatic rings. The van der Waals surface area contributed by atoms with Gasteiger partial charge in [0.25, 0.3) is 0 Å². The first kappa shape index (κ1) is 12.0. The Bertz CT molecular complexity index is 331.